The molecule has 26 heavy (non-hydrogen) atoms. The molecule has 138 valence electrons. The van der Waals surface area contributed by atoms with Crippen LogP contribution in [0.5, 0.6) is 0 Å². The van der Waals surface area contributed by atoms with Gasteiger partial charge in [0.25, 0.3) is 0 Å². The third-order valence-electron chi connectivity index (χ3n) is 5.52. The zero-order valence-corrected chi connectivity index (χ0v) is 16.5. The van der Waals surface area contributed by atoms with Gasteiger partial charge < -0.3 is 9.31 Å². The average Bonchev–Trinajstić information content (AvgIpc) is 3.02. The van der Waals surface area contributed by atoms with E-state index >= 15 is 0 Å². The van der Waals surface area contributed by atoms with Gasteiger partial charge in [-0.2, -0.15) is 5.10 Å². The summed E-state index contributed by atoms with van der Waals surface area (Å²) in [5.41, 5.74) is 0.677. The van der Waals surface area contributed by atoms with Crippen LogP contribution in [0.4, 0.5) is 4.39 Å². The van der Waals surface area contributed by atoms with Crippen LogP contribution < -0.4 is 0 Å². The van der Waals surface area contributed by atoms with Crippen molar-refractivity contribution in [3.05, 3.63) is 41.1 Å². The molecular formula is C19H24BFN2O2S. The van der Waals surface area contributed by atoms with Crippen molar-refractivity contribution in [2.75, 3.05) is 0 Å². The van der Waals surface area contributed by atoms with Crippen molar-refractivity contribution >= 4 is 18.5 Å². The molecule has 7 heteroatoms. The van der Waals surface area contributed by atoms with E-state index in [9.17, 15) is 4.39 Å². The average molecular weight is 374 g/mol. The molecule has 0 N–H and O–H groups in total. The van der Waals surface area contributed by atoms with Gasteiger partial charge in [0.05, 0.1) is 22.6 Å². The van der Waals surface area contributed by atoms with Gasteiger partial charge in [-0.05, 0) is 64.1 Å². The molecule has 0 radical (unpaired) electrons. The Morgan fingerprint density at radius 3 is 2.62 bits per heavy atom. The van der Waals surface area contributed by atoms with Crippen molar-refractivity contribution in [2.45, 2.75) is 64.2 Å². The number of hydrogen-bond acceptors (Lipinski definition) is 4. The summed E-state index contributed by atoms with van der Waals surface area (Å²) < 4.78 is 28.1. The van der Waals surface area contributed by atoms with E-state index in [4.69, 9.17) is 14.4 Å². The van der Waals surface area contributed by atoms with Crippen LogP contribution in [0, 0.1) is 0 Å². The van der Waals surface area contributed by atoms with Gasteiger partial charge in [-0.15, -0.1) is 11.3 Å². The van der Waals surface area contributed by atoms with E-state index in [0.717, 1.165) is 10.6 Å². The van der Waals surface area contributed by atoms with E-state index in [1.807, 2.05) is 43.8 Å². The first-order valence-electron chi connectivity index (χ1n) is 9.10. The highest BCUT2D eigenvalue weighted by atomic mass is 32.1. The maximum absolute atomic E-state index is 14.7. The lowest BCUT2D eigenvalue weighted by Crippen LogP contribution is -2.41. The Hall–Kier alpha value is -1.44. The molecule has 1 aliphatic heterocycles. The van der Waals surface area contributed by atoms with Gasteiger partial charge in [0, 0.05) is 11.6 Å². The summed E-state index contributed by atoms with van der Waals surface area (Å²) in [5.74, 6) is 0.546. The number of allylic oxidation sites excluding steroid dienone is 1. The molecule has 1 aliphatic carbocycles. The first-order valence-corrected chi connectivity index (χ1v) is 9.98. The van der Waals surface area contributed by atoms with Crippen LogP contribution in [0.2, 0.25) is 0 Å². The second-order valence-corrected chi connectivity index (χ2v) is 9.01. The monoisotopic (exact) mass is 374 g/mol. The highest BCUT2D eigenvalue weighted by molar-refractivity contribution is 7.13. The topological polar surface area (TPSA) is 36.3 Å². The van der Waals surface area contributed by atoms with E-state index in [1.54, 1.807) is 11.3 Å². The third-order valence-corrected chi connectivity index (χ3v) is 6.41. The van der Waals surface area contributed by atoms with Crippen LogP contribution in [0.25, 0.3) is 10.6 Å². The summed E-state index contributed by atoms with van der Waals surface area (Å²) in [4.78, 5) is 1.14. The van der Waals surface area contributed by atoms with E-state index in [-0.39, 0.29) is 0 Å². The second-order valence-electron chi connectivity index (χ2n) is 8.07. The van der Waals surface area contributed by atoms with Crippen LogP contribution in [0.3, 0.4) is 0 Å². The standard InChI is InChI=1S/C19H24BFN2O2S/c1-18(2)19(3,4)25-20(24-18)17(21)9-10-23-15(13-7-8-13)12-14(22-23)16-6-5-11-26-16/h5-6,9,11-13H,7-8,10H2,1-4H3. The quantitative estimate of drug-likeness (QED) is 0.693. The van der Waals surface area contributed by atoms with Crippen LogP contribution in [0.15, 0.2) is 35.4 Å². The smallest absolute Gasteiger partial charge is 0.398 e. The highest BCUT2D eigenvalue weighted by Gasteiger charge is 2.53. The highest BCUT2D eigenvalue weighted by Crippen LogP contribution is 2.42. The van der Waals surface area contributed by atoms with Crippen molar-refractivity contribution < 1.29 is 13.7 Å². The predicted octanol–water partition coefficient (Wildman–Crippen LogP) is 4.97. The molecule has 1 saturated carbocycles. The van der Waals surface area contributed by atoms with Gasteiger partial charge in [0.15, 0.2) is 0 Å². The molecule has 0 atom stereocenters. The molecule has 4 rings (SSSR count). The third kappa shape index (κ3) is 3.28. The van der Waals surface area contributed by atoms with Gasteiger partial charge in [0.2, 0.25) is 0 Å². The van der Waals surface area contributed by atoms with Gasteiger partial charge in [-0.25, -0.2) is 4.39 Å². The molecule has 2 aromatic heterocycles. The number of hydrogen-bond donors (Lipinski definition) is 0. The molecule has 0 bridgehead atoms. The van der Waals surface area contributed by atoms with Crippen LogP contribution in [0.1, 0.15) is 52.1 Å². The summed E-state index contributed by atoms with van der Waals surface area (Å²) in [7, 11) is -0.947. The molecule has 0 aromatic carbocycles. The molecule has 4 nitrogen and oxygen atoms in total. The Balaban J connectivity index is 1.53. The predicted molar refractivity (Wildman–Crippen MR) is 103 cm³/mol. The van der Waals surface area contributed by atoms with E-state index < -0.39 is 24.0 Å². The van der Waals surface area contributed by atoms with Crippen molar-refractivity contribution in [3.63, 3.8) is 0 Å². The van der Waals surface area contributed by atoms with E-state index in [2.05, 4.69) is 12.1 Å². The maximum atomic E-state index is 14.7. The first-order chi connectivity index (χ1) is 12.3. The Labute approximate surface area is 158 Å². The minimum Gasteiger partial charge on any atom is -0.398 e. The Bertz CT molecular complexity index is 809. The summed E-state index contributed by atoms with van der Waals surface area (Å²) >= 11 is 1.67. The van der Waals surface area contributed by atoms with Gasteiger partial charge in [-0.3, -0.25) is 4.68 Å². The first kappa shape index (κ1) is 18.0. The fourth-order valence-corrected chi connectivity index (χ4v) is 3.74. The fourth-order valence-electron chi connectivity index (χ4n) is 3.06. The summed E-state index contributed by atoms with van der Waals surface area (Å²) in [6.45, 7) is 8.07. The number of aromatic nitrogens is 2. The number of rotatable bonds is 5. The van der Waals surface area contributed by atoms with E-state index in [0.29, 0.717) is 12.5 Å². The zero-order chi connectivity index (χ0) is 18.5. The second kappa shape index (κ2) is 6.32. The largest absolute Gasteiger partial charge is 0.524 e. The summed E-state index contributed by atoms with van der Waals surface area (Å²) in [5, 5.41) is 6.75. The SMILES string of the molecule is CC1(C)OB(C(F)=CCn2nc(-c3cccs3)cc2C2CC2)OC1(C)C. The number of halogens is 1. The fraction of sp³-hybridized carbons (Fsp3) is 0.526. The lowest BCUT2D eigenvalue weighted by Gasteiger charge is -2.32. The van der Waals surface area contributed by atoms with Crippen molar-refractivity contribution in [1.29, 1.82) is 0 Å². The molecule has 2 fully saturated rings. The summed E-state index contributed by atoms with van der Waals surface area (Å²) in [6, 6.07) is 6.23. The Morgan fingerprint density at radius 1 is 1.35 bits per heavy atom. The molecule has 0 spiro atoms. The summed E-state index contributed by atoms with van der Waals surface area (Å²) in [6.07, 6.45) is 3.89. The molecular weight excluding hydrogens is 350 g/mol. The number of nitrogens with zero attached hydrogens (tertiary/aromatic N) is 2. The Kier molecular flexibility index (Phi) is 4.37. The number of thiophene rings is 1. The van der Waals surface area contributed by atoms with Gasteiger partial charge in [-0.1, -0.05) is 6.07 Å². The zero-order valence-electron chi connectivity index (χ0n) is 15.7. The lowest BCUT2D eigenvalue weighted by atomic mass is 9.88. The normalized spacial score (nSPS) is 22.2. The van der Waals surface area contributed by atoms with E-state index in [1.165, 1.54) is 24.6 Å². The van der Waals surface area contributed by atoms with Crippen molar-refractivity contribution in [1.82, 2.24) is 9.78 Å². The van der Waals surface area contributed by atoms with Crippen molar-refractivity contribution in [2.24, 2.45) is 0 Å². The van der Waals surface area contributed by atoms with Crippen molar-refractivity contribution in [3.8, 4) is 10.6 Å². The van der Waals surface area contributed by atoms with Crippen LogP contribution in [-0.4, -0.2) is 28.1 Å². The van der Waals surface area contributed by atoms with Gasteiger partial charge >= 0.3 is 7.12 Å². The van der Waals surface area contributed by atoms with Crippen LogP contribution >= 0.6 is 11.3 Å². The lowest BCUT2D eigenvalue weighted by molar-refractivity contribution is 0.00578. The minimum atomic E-state index is -0.947. The molecule has 2 aromatic rings. The molecule has 2 aliphatic rings. The molecule has 0 unspecified atom stereocenters. The molecule has 3 heterocycles. The molecule has 1 saturated heterocycles. The molecule has 0 amide bonds. The van der Waals surface area contributed by atoms with Crippen LogP contribution in [-0.2, 0) is 15.9 Å². The maximum Gasteiger partial charge on any atom is 0.524 e. The minimum absolute atomic E-state index is 0.382. The van der Waals surface area contributed by atoms with Gasteiger partial charge in [0.1, 0.15) is 11.4 Å². The Morgan fingerprint density at radius 2 is 2.04 bits per heavy atom.